The maximum Gasteiger partial charge on any atom is 0.404 e. The van der Waals surface area contributed by atoms with E-state index in [-0.39, 0.29) is 50.6 Å². The Labute approximate surface area is 269 Å². The predicted molar refractivity (Wildman–Crippen MR) is 167 cm³/mol. The summed E-state index contributed by atoms with van der Waals surface area (Å²) in [6, 6.07) is 16.6. The Bertz CT molecular complexity index is 1570. The Kier molecular flexibility index (Phi) is 10.9. The lowest BCUT2D eigenvalue weighted by atomic mass is 9.85. The molecule has 3 aromatic rings. The van der Waals surface area contributed by atoms with Crippen molar-refractivity contribution in [2.24, 2.45) is 5.92 Å². The topological polar surface area (TPSA) is 226 Å². The SMILES string of the molecule is CC(=O)N(O)C(=N)c1ccc(Oc2cc(NC(=O)C3CCC(NC(=O)O)CC3)cc(Oc3ccc(C(=N)N(O)C(C)=O)cc3)c2)cc1. The summed E-state index contributed by atoms with van der Waals surface area (Å²) >= 11 is 0. The highest BCUT2D eigenvalue weighted by Crippen LogP contribution is 2.34. The minimum Gasteiger partial charge on any atom is -0.465 e. The van der Waals surface area contributed by atoms with Crippen molar-refractivity contribution in [1.82, 2.24) is 15.4 Å². The Hall–Kier alpha value is -5.80. The molecule has 246 valence electrons. The summed E-state index contributed by atoms with van der Waals surface area (Å²) in [5.41, 5.74) is 0.884. The smallest absolute Gasteiger partial charge is 0.404 e. The Morgan fingerprint density at radius 1 is 0.702 bits per heavy atom. The standard InChI is InChI=1S/C32H34N6O9/c1-18(39)37(44)29(33)20-5-11-25(12-6-20)46-27-15-24(35-31(41)22-3-9-23(10-4-22)36-32(42)43)16-28(17-27)47-26-13-7-21(8-14-26)30(34)38(45)19(2)40/h5-8,11-17,22-23,33-34,36,44-45H,3-4,9-10H2,1-2H3,(H,35,41)(H,42,43). The molecule has 0 aromatic heterocycles. The third kappa shape index (κ3) is 9.12. The summed E-state index contributed by atoms with van der Waals surface area (Å²) in [5, 5.41) is 50.2. The number of nitrogens with one attached hydrogen (secondary N) is 4. The molecule has 1 aliphatic carbocycles. The van der Waals surface area contributed by atoms with E-state index >= 15 is 0 Å². The van der Waals surface area contributed by atoms with Crippen LogP contribution in [0.2, 0.25) is 0 Å². The van der Waals surface area contributed by atoms with Gasteiger partial charge in [-0.05, 0) is 74.2 Å². The molecule has 0 radical (unpaired) electrons. The molecule has 0 saturated heterocycles. The number of nitrogens with zero attached hydrogens (tertiary/aromatic N) is 2. The average Bonchev–Trinajstić information content (AvgIpc) is 3.04. The van der Waals surface area contributed by atoms with Crippen LogP contribution in [0.5, 0.6) is 23.0 Å². The van der Waals surface area contributed by atoms with Gasteiger partial charge in [0.05, 0.1) is 0 Å². The number of carboxylic acid groups (broad SMARTS) is 1. The van der Waals surface area contributed by atoms with Gasteiger partial charge in [-0.15, -0.1) is 0 Å². The highest BCUT2D eigenvalue weighted by Gasteiger charge is 2.27. The summed E-state index contributed by atoms with van der Waals surface area (Å²) in [5.74, 6) is -1.59. The van der Waals surface area contributed by atoms with E-state index in [0.717, 1.165) is 13.8 Å². The molecule has 4 amide bonds. The van der Waals surface area contributed by atoms with E-state index in [1.165, 1.54) is 48.5 Å². The first kappa shape index (κ1) is 34.1. The number of carbonyl (C=O) groups excluding carboxylic acids is 3. The lowest BCUT2D eigenvalue weighted by molar-refractivity contribution is -0.147. The van der Waals surface area contributed by atoms with Gasteiger partial charge in [-0.3, -0.25) is 35.6 Å². The van der Waals surface area contributed by atoms with Crippen molar-refractivity contribution in [3.8, 4) is 23.0 Å². The van der Waals surface area contributed by atoms with Gasteiger partial charge in [-0.2, -0.15) is 10.1 Å². The third-order valence-corrected chi connectivity index (χ3v) is 7.32. The summed E-state index contributed by atoms with van der Waals surface area (Å²) in [6.45, 7) is 2.24. The molecule has 7 N–H and O–H groups in total. The molecular weight excluding hydrogens is 612 g/mol. The molecular formula is C32H34N6O9. The molecule has 15 heteroatoms. The van der Waals surface area contributed by atoms with Gasteiger partial charge in [0.15, 0.2) is 11.7 Å². The summed E-state index contributed by atoms with van der Waals surface area (Å²) in [6.07, 6.45) is 0.972. The van der Waals surface area contributed by atoms with Gasteiger partial charge < -0.3 is 25.2 Å². The number of hydrogen-bond donors (Lipinski definition) is 7. The van der Waals surface area contributed by atoms with Crippen LogP contribution in [-0.2, 0) is 14.4 Å². The van der Waals surface area contributed by atoms with E-state index in [2.05, 4.69) is 10.6 Å². The first-order chi connectivity index (χ1) is 22.3. The number of hydrogen-bond acceptors (Lipinski definition) is 10. The van der Waals surface area contributed by atoms with Crippen LogP contribution in [0.1, 0.15) is 50.7 Å². The molecule has 15 nitrogen and oxygen atoms in total. The Balaban J connectivity index is 1.54. The molecule has 3 aromatic carbocycles. The number of amidine groups is 2. The van der Waals surface area contributed by atoms with Gasteiger partial charge in [-0.1, -0.05) is 0 Å². The zero-order valence-corrected chi connectivity index (χ0v) is 25.5. The zero-order valence-electron chi connectivity index (χ0n) is 25.5. The second-order valence-electron chi connectivity index (χ2n) is 10.8. The second-order valence-corrected chi connectivity index (χ2v) is 10.8. The third-order valence-electron chi connectivity index (χ3n) is 7.32. The number of carbonyl (C=O) groups is 4. The van der Waals surface area contributed by atoms with E-state index in [1.807, 2.05) is 0 Å². The maximum atomic E-state index is 13.2. The monoisotopic (exact) mass is 646 g/mol. The maximum absolute atomic E-state index is 13.2. The number of rotatable bonds is 9. The van der Waals surface area contributed by atoms with Gasteiger partial charge in [-0.25, -0.2) is 4.79 Å². The van der Waals surface area contributed by atoms with Crippen molar-refractivity contribution < 1.29 is 44.2 Å². The molecule has 0 spiro atoms. The molecule has 0 heterocycles. The summed E-state index contributed by atoms with van der Waals surface area (Å²) in [4.78, 5) is 46.9. The van der Waals surface area contributed by atoms with Crippen LogP contribution < -0.4 is 20.1 Å². The normalized spacial score (nSPS) is 15.5. The fraction of sp³-hybridized carbons (Fsp3) is 0.250. The Morgan fingerprint density at radius 3 is 1.51 bits per heavy atom. The number of anilines is 1. The molecule has 0 atom stereocenters. The quantitative estimate of drug-likeness (QED) is 0.0704. The van der Waals surface area contributed by atoms with Gasteiger partial charge in [0.1, 0.15) is 23.0 Å². The molecule has 0 aliphatic heterocycles. The molecule has 1 saturated carbocycles. The van der Waals surface area contributed by atoms with Crippen LogP contribution in [-0.4, -0.2) is 67.2 Å². The van der Waals surface area contributed by atoms with Crippen LogP contribution in [0.15, 0.2) is 66.7 Å². The minimum absolute atomic E-state index is 0.204. The number of hydroxylamine groups is 4. The van der Waals surface area contributed by atoms with E-state index in [0.29, 0.717) is 42.9 Å². The number of benzene rings is 3. The van der Waals surface area contributed by atoms with Gasteiger partial charge in [0.25, 0.3) is 0 Å². The molecule has 0 unspecified atom stereocenters. The van der Waals surface area contributed by atoms with Crippen molar-refractivity contribution in [2.45, 2.75) is 45.6 Å². The molecule has 4 rings (SSSR count). The molecule has 1 fully saturated rings. The van der Waals surface area contributed by atoms with Gasteiger partial charge in [0, 0.05) is 60.8 Å². The number of ether oxygens (including phenoxy) is 2. The van der Waals surface area contributed by atoms with Crippen LogP contribution in [0, 0.1) is 16.7 Å². The van der Waals surface area contributed by atoms with E-state index in [1.54, 1.807) is 18.2 Å². The average molecular weight is 647 g/mol. The second kappa shape index (κ2) is 15.0. The van der Waals surface area contributed by atoms with E-state index in [9.17, 15) is 29.6 Å². The van der Waals surface area contributed by atoms with Crippen molar-refractivity contribution in [2.75, 3.05) is 5.32 Å². The van der Waals surface area contributed by atoms with Crippen molar-refractivity contribution in [1.29, 1.82) is 10.8 Å². The van der Waals surface area contributed by atoms with Crippen molar-refractivity contribution >= 4 is 41.2 Å². The van der Waals surface area contributed by atoms with E-state index < -0.39 is 29.6 Å². The van der Waals surface area contributed by atoms with Crippen LogP contribution >= 0.6 is 0 Å². The summed E-state index contributed by atoms with van der Waals surface area (Å²) in [7, 11) is 0. The fourth-order valence-electron chi connectivity index (χ4n) is 4.87. The first-order valence-electron chi connectivity index (χ1n) is 14.5. The van der Waals surface area contributed by atoms with Crippen molar-refractivity contribution in [3.05, 3.63) is 77.9 Å². The Morgan fingerprint density at radius 2 is 1.13 bits per heavy atom. The van der Waals surface area contributed by atoms with E-state index in [4.69, 9.17) is 25.4 Å². The summed E-state index contributed by atoms with van der Waals surface area (Å²) < 4.78 is 12.0. The lowest BCUT2D eigenvalue weighted by Crippen LogP contribution is -2.38. The fourth-order valence-corrected chi connectivity index (χ4v) is 4.87. The molecule has 1 aliphatic rings. The van der Waals surface area contributed by atoms with Crippen molar-refractivity contribution in [3.63, 3.8) is 0 Å². The van der Waals surface area contributed by atoms with Crippen LogP contribution in [0.3, 0.4) is 0 Å². The largest absolute Gasteiger partial charge is 0.465 e. The lowest BCUT2D eigenvalue weighted by Gasteiger charge is -2.27. The number of amides is 4. The van der Waals surface area contributed by atoms with Gasteiger partial charge in [0.2, 0.25) is 17.7 Å². The zero-order chi connectivity index (χ0) is 34.2. The minimum atomic E-state index is -1.10. The first-order valence-corrected chi connectivity index (χ1v) is 14.5. The highest BCUT2D eigenvalue weighted by molar-refractivity contribution is 6.05. The predicted octanol–water partition coefficient (Wildman–Crippen LogP) is 5.16. The molecule has 0 bridgehead atoms. The van der Waals surface area contributed by atoms with Gasteiger partial charge >= 0.3 is 6.09 Å². The van der Waals surface area contributed by atoms with Crippen LogP contribution in [0.25, 0.3) is 0 Å². The van der Waals surface area contributed by atoms with Crippen LogP contribution in [0.4, 0.5) is 10.5 Å². The highest BCUT2D eigenvalue weighted by atomic mass is 16.5. The molecule has 47 heavy (non-hydrogen) atoms.